The predicted molar refractivity (Wildman–Crippen MR) is 133 cm³/mol. The van der Waals surface area contributed by atoms with E-state index in [4.69, 9.17) is 4.74 Å². The van der Waals surface area contributed by atoms with Crippen LogP contribution >= 0.6 is 0 Å². The highest BCUT2D eigenvalue weighted by Crippen LogP contribution is 2.36. The number of benzene rings is 2. The van der Waals surface area contributed by atoms with E-state index < -0.39 is 15.7 Å². The number of nitrogens with zero attached hydrogens (tertiary/aromatic N) is 2. The summed E-state index contributed by atoms with van der Waals surface area (Å²) in [4.78, 5) is 18.7. The summed E-state index contributed by atoms with van der Waals surface area (Å²) in [7, 11) is -1.11. The molecule has 5 rings (SSSR count). The number of nitrogens with one attached hydrogen (secondary N) is 1. The summed E-state index contributed by atoms with van der Waals surface area (Å²) in [6, 6.07) is 13.1. The average Bonchev–Trinajstić information content (AvgIpc) is 3.43. The fraction of sp³-hybridized carbons (Fsp3) is 0.385. The highest BCUT2D eigenvalue weighted by atomic mass is 32.2. The molecule has 1 aromatic heterocycles. The summed E-state index contributed by atoms with van der Waals surface area (Å²) in [5.74, 6) is 0.0446. The van der Waals surface area contributed by atoms with Crippen LogP contribution in [-0.4, -0.2) is 68.0 Å². The lowest BCUT2D eigenvalue weighted by molar-refractivity contribution is -0.121. The number of amides is 1. The van der Waals surface area contributed by atoms with Gasteiger partial charge in [0, 0.05) is 48.1 Å². The summed E-state index contributed by atoms with van der Waals surface area (Å²) in [5.41, 5.74) is 3.23. The Hall–Kier alpha value is -3.04. The van der Waals surface area contributed by atoms with E-state index in [1.807, 2.05) is 48.3 Å². The van der Waals surface area contributed by atoms with Crippen LogP contribution in [0.4, 0.5) is 4.39 Å². The molecule has 7 nitrogen and oxygen atoms in total. The number of carbonyl (C=O) groups excluding carboxylic acids is 1. The minimum absolute atomic E-state index is 0.0320. The zero-order chi connectivity index (χ0) is 24.6. The third-order valence-electron chi connectivity index (χ3n) is 6.83. The number of fused-ring (bicyclic) bond motifs is 2. The van der Waals surface area contributed by atoms with Gasteiger partial charge in [0.1, 0.15) is 6.10 Å². The number of ether oxygens (including phenoxy) is 1. The molecule has 0 radical (unpaired) electrons. The van der Waals surface area contributed by atoms with Crippen molar-refractivity contribution in [2.24, 2.45) is 0 Å². The minimum atomic E-state index is -2.95. The number of hydrogen-bond acceptors (Lipinski definition) is 6. The zero-order valence-electron chi connectivity index (χ0n) is 19.5. The number of rotatable bonds is 7. The summed E-state index contributed by atoms with van der Waals surface area (Å²) < 4.78 is 44.0. The quantitative estimate of drug-likeness (QED) is 0.540. The first-order chi connectivity index (χ1) is 16.8. The number of halogens is 1. The molecule has 35 heavy (non-hydrogen) atoms. The Kier molecular flexibility index (Phi) is 6.46. The molecule has 1 N–H and O–H groups in total. The van der Waals surface area contributed by atoms with Crippen LogP contribution in [0.2, 0.25) is 0 Å². The number of aromatic nitrogens is 1. The largest absolute Gasteiger partial charge is 0.485 e. The maximum absolute atomic E-state index is 14.9. The van der Waals surface area contributed by atoms with Gasteiger partial charge in [0.25, 0.3) is 0 Å². The van der Waals surface area contributed by atoms with Gasteiger partial charge in [-0.05, 0) is 43.3 Å². The Bertz CT molecular complexity index is 1380. The number of pyridine rings is 1. The van der Waals surface area contributed by atoms with Crippen molar-refractivity contribution in [2.45, 2.75) is 31.4 Å². The Morgan fingerprint density at radius 2 is 2.06 bits per heavy atom. The van der Waals surface area contributed by atoms with Gasteiger partial charge in [-0.3, -0.25) is 9.78 Å². The van der Waals surface area contributed by atoms with Gasteiger partial charge < -0.3 is 15.0 Å². The predicted octanol–water partition coefficient (Wildman–Crippen LogP) is 2.97. The summed E-state index contributed by atoms with van der Waals surface area (Å²) >= 11 is 0. The third kappa shape index (κ3) is 5.31. The van der Waals surface area contributed by atoms with Gasteiger partial charge in [-0.25, -0.2) is 12.8 Å². The van der Waals surface area contributed by atoms with E-state index in [1.54, 1.807) is 6.20 Å². The lowest BCUT2D eigenvalue weighted by atomic mass is 10.0. The Morgan fingerprint density at radius 1 is 1.23 bits per heavy atom. The average molecular weight is 498 g/mol. The molecule has 9 heteroatoms. The molecule has 1 saturated heterocycles. The monoisotopic (exact) mass is 497 g/mol. The maximum atomic E-state index is 14.9. The minimum Gasteiger partial charge on any atom is -0.485 e. The lowest BCUT2D eigenvalue weighted by Crippen LogP contribution is -2.38. The van der Waals surface area contributed by atoms with Gasteiger partial charge in [0.2, 0.25) is 5.91 Å². The zero-order valence-corrected chi connectivity index (χ0v) is 20.4. The standard InChI is InChI=1S/C26H28FN3O4S/c1-30(21-7-9-35(32,33)16-21)8-6-25(31)29-15-22-12-19-11-18(13-23(27)26(19)34-22)20-10-17-4-2-3-5-24(17)28-14-20/h2-5,10-11,13-14,21-22H,6-9,12,15-16H2,1H3,(H,29,31)/t21-,22+/m0/s1. The second-order valence-corrected chi connectivity index (χ2v) is 11.6. The number of sulfone groups is 1. The van der Waals surface area contributed by atoms with Gasteiger partial charge in [0.15, 0.2) is 21.4 Å². The molecule has 3 aromatic rings. The second-order valence-electron chi connectivity index (χ2n) is 9.40. The smallest absolute Gasteiger partial charge is 0.221 e. The van der Waals surface area contributed by atoms with Crippen molar-refractivity contribution >= 4 is 26.6 Å². The highest BCUT2D eigenvalue weighted by Gasteiger charge is 2.31. The van der Waals surface area contributed by atoms with Crippen molar-refractivity contribution in [3.05, 3.63) is 60.0 Å². The molecule has 1 amide bonds. The van der Waals surface area contributed by atoms with Crippen molar-refractivity contribution in [3.63, 3.8) is 0 Å². The molecule has 2 aromatic carbocycles. The molecular formula is C26H28FN3O4S. The topological polar surface area (TPSA) is 88.6 Å². The molecule has 3 heterocycles. The fourth-order valence-corrected chi connectivity index (χ4v) is 6.60. The molecule has 184 valence electrons. The van der Waals surface area contributed by atoms with E-state index >= 15 is 0 Å². The molecule has 2 aliphatic rings. The van der Waals surface area contributed by atoms with Crippen LogP contribution < -0.4 is 10.1 Å². The van der Waals surface area contributed by atoms with Crippen LogP contribution in [0.3, 0.4) is 0 Å². The normalized spacial score (nSPS) is 20.7. The Balaban J connectivity index is 1.16. The first kappa shape index (κ1) is 23.7. The van der Waals surface area contributed by atoms with E-state index in [9.17, 15) is 17.6 Å². The van der Waals surface area contributed by atoms with Gasteiger partial charge in [-0.2, -0.15) is 0 Å². The molecule has 2 aliphatic heterocycles. The van der Waals surface area contributed by atoms with Crippen LogP contribution in [0.15, 0.2) is 48.7 Å². The van der Waals surface area contributed by atoms with Crippen LogP contribution in [0.1, 0.15) is 18.4 Å². The summed E-state index contributed by atoms with van der Waals surface area (Å²) in [6.45, 7) is 0.761. The van der Waals surface area contributed by atoms with Crippen molar-refractivity contribution in [2.75, 3.05) is 31.6 Å². The van der Waals surface area contributed by atoms with Crippen LogP contribution in [0.25, 0.3) is 22.0 Å². The second kappa shape index (κ2) is 9.54. The SMILES string of the molecule is CN(CCC(=O)NC[C@H]1Cc2cc(-c3cnc4ccccc4c3)cc(F)c2O1)[C@H]1CCS(=O)(=O)C1. The molecule has 0 bridgehead atoms. The Morgan fingerprint density at radius 3 is 2.86 bits per heavy atom. The number of carbonyl (C=O) groups is 1. The number of para-hydroxylation sites is 1. The number of hydrogen-bond donors (Lipinski definition) is 1. The van der Waals surface area contributed by atoms with Crippen LogP contribution in [0, 0.1) is 5.82 Å². The van der Waals surface area contributed by atoms with E-state index in [2.05, 4.69) is 10.3 Å². The van der Waals surface area contributed by atoms with Gasteiger partial charge >= 0.3 is 0 Å². The molecule has 0 saturated carbocycles. The highest BCUT2D eigenvalue weighted by molar-refractivity contribution is 7.91. The lowest BCUT2D eigenvalue weighted by Gasteiger charge is -2.22. The van der Waals surface area contributed by atoms with Crippen molar-refractivity contribution in [1.82, 2.24) is 15.2 Å². The third-order valence-corrected chi connectivity index (χ3v) is 8.58. The van der Waals surface area contributed by atoms with Crippen molar-refractivity contribution in [1.29, 1.82) is 0 Å². The summed E-state index contributed by atoms with van der Waals surface area (Å²) in [6.07, 6.45) is 2.78. The van der Waals surface area contributed by atoms with E-state index in [1.165, 1.54) is 6.07 Å². The van der Waals surface area contributed by atoms with Gasteiger partial charge in [-0.15, -0.1) is 0 Å². The molecule has 0 aliphatic carbocycles. The van der Waals surface area contributed by atoms with E-state index in [0.29, 0.717) is 19.4 Å². The van der Waals surface area contributed by atoms with Gasteiger partial charge in [0.05, 0.1) is 23.6 Å². The van der Waals surface area contributed by atoms with Crippen LogP contribution in [0.5, 0.6) is 5.75 Å². The molecule has 0 spiro atoms. The van der Waals surface area contributed by atoms with Crippen molar-refractivity contribution in [3.8, 4) is 16.9 Å². The molecule has 1 fully saturated rings. The first-order valence-electron chi connectivity index (χ1n) is 11.8. The van der Waals surface area contributed by atoms with Gasteiger partial charge in [-0.1, -0.05) is 18.2 Å². The maximum Gasteiger partial charge on any atom is 0.221 e. The Labute approximate surface area is 204 Å². The molecule has 2 atom stereocenters. The van der Waals surface area contributed by atoms with E-state index in [-0.39, 0.29) is 48.3 Å². The fourth-order valence-electron chi connectivity index (χ4n) is 4.80. The summed E-state index contributed by atoms with van der Waals surface area (Å²) in [5, 5.41) is 3.86. The van der Waals surface area contributed by atoms with Crippen LogP contribution in [-0.2, 0) is 21.1 Å². The first-order valence-corrected chi connectivity index (χ1v) is 13.6. The van der Waals surface area contributed by atoms with E-state index in [0.717, 1.165) is 27.6 Å². The molecule has 0 unspecified atom stereocenters. The molecular weight excluding hydrogens is 469 g/mol. The van der Waals surface area contributed by atoms with Crippen molar-refractivity contribution < 1.29 is 22.3 Å².